The predicted octanol–water partition coefficient (Wildman–Crippen LogP) is 2.89. The molecule has 5 rings (SSSR count). The number of carbonyl (C=O) groups excluding carboxylic acids is 3. The van der Waals surface area contributed by atoms with Crippen molar-refractivity contribution in [1.82, 2.24) is 20.0 Å². The number of hydrogen-bond donors (Lipinski definition) is 2. The summed E-state index contributed by atoms with van der Waals surface area (Å²) in [6, 6.07) is 13.0. The highest BCUT2D eigenvalue weighted by Crippen LogP contribution is 2.30. The van der Waals surface area contributed by atoms with Crippen LogP contribution in [0.15, 0.2) is 47.3 Å². The Morgan fingerprint density at radius 1 is 1.00 bits per heavy atom. The van der Waals surface area contributed by atoms with Gasteiger partial charge in [-0.05, 0) is 68.5 Å². The summed E-state index contributed by atoms with van der Waals surface area (Å²) in [6.07, 6.45) is 2.59. The van der Waals surface area contributed by atoms with Crippen LogP contribution >= 0.6 is 0 Å². The molecule has 1 unspecified atom stereocenters. The highest BCUT2D eigenvalue weighted by Gasteiger charge is 2.30. The van der Waals surface area contributed by atoms with Gasteiger partial charge in [-0.15, -0.1) is 0 Å². The number of amides is 2. The van der Waals surface area contributed by atoms with Crippen molar-refractivity contribution in [3.63, 3.8) is 0 Å². The maximum atomic E-state index is 12.9. The van der Waals surface area contributed by atoms with Crippen LogP contribution in [0.4, 0.5) is 0 Å². The topological polar surface area (TPSA) is 104 Å². The summed E-state index contributed by atoms with van der Waals surface area (Å²) >= 11 is 0. The minimum Gasteiger partial charge on any atom is -0.299 e. The van der Waals surface area contributed by atoms with Crippen LogP contribution in [0.1, 0.15) is 66.1 Å². The summed E-state index contributed by atoms with van der Waals surface area (Å²) in [5, 5.41) is 5.98. The summed E-state index contributed by atoms with van der Waals surface area (Å²) in [6.45, 7) is 4.40. The SMILES string of the molecule is CC(=O)c1ccc(CN2CCC(c3ccc4c(=O)n(C5CCC(=O)NC5=O)[nH]c4c3)CC2)cc1. The first-order valence-corrected chi connectivity index (χ1v) is 11.8. The van der Waals surface area contributed by atoms with Gasteiger partial charge in [0, 0.05) is 18.5 Å². The Hall–Kier alpha value is -3.52. The number of aromatic nitrogens is 2. The normalized spacial score (nSPS) is 20.0. The molecule has 176 valence electrons. The highest BCUT2D eigenvalue weighted by atomic mass is 16.2. The van der Waals surface area contributed by atoms with E-state index in [9.17, 15) is 19.2 Å². The van der Waals surface area contributed by atoms with E-state index in [1.54, 1.807) is 6.92 Å². The number of nitrogens with zero attached hydrogens (tertiary/aromatic N) is 2. The van der Waals surface area contributed by atoms with Crippen molar-refractivity contribution >= 4 is 28.5 Å². The lowest BCUT2D eigenvalue weighted by molar-refractivity contribution is -0.136. The Bertz CT molecular complexity index is 1310. The molecule has 0 radical (unpaired) electrons. The van der Waals surface area contributed by atoms with E-state index in [4.69, 9.17) is 0 Å². The lowest BCUT2D eigenvalue weighted by Crippen LogP contribution is -2.44. The fourth-order valence-corrected chi connectivity index (χ4v) is 5.08. The Morgan fingerprint density at radius 3 is 2.41 bits per heavy atom. The van der Waals surface area contributed by atoms with Gasteiger partial charge in [0.2, 0.25) is 5.91 Å². The third-order valence-corrected chi connectivity index (χ3v) is 7.08. The van der Waals surface area contributed by atoms with Gasteiger partial charge in [0.15, 0.2) is 5.78 Å². The van der Waals surface area contributed by atoms with Crippen LogP contribution in [0.5, 0.6) is 0 Å². The fourth-order valence-electron chi connectivity index (χ4n) is 5.08. The number of rotatable bonds is 5. The van der Waals surface area contributed by atoms with Gasteiger partial charge in [0.25, 0.3) is 11.5 Å². The molecular formula is C26H28N4O4. The van der Waals surface area contributed by atoms with Crippen molar-refractivity contribution in [2.24, 2.45) is 0 Å². The Kier molecular flexibility index (Phi) is 5.91. The van der Waals surface area contributed by atoms with Crippen molar-refractivity contribution in [1.29, 1.82) is 0 Å². The molecular weight excluding hydrogens is 432 g/mol. The molecule has 0 aliphatic carbocycles. The average Bonchev–Trinajstić information content (AvgIpc) is 3.15. The molecule has 8 nitrogen and oxygen atoms in total. The van der Waals surface area contributed by atoms with E-state index in [1.165, 1.54) is 15.8 Å². The largest absolute Gasteiger partial charge is 0.299 e. The second-order valence-electron chi connectivity index (χ2n) is 9.36. The van der Waals surface area contributed by atoms with Crippen LogP contribution in [0, 0.1) is 0 Å². The number of hydrogen-bond acceptors (Lipinski definition) is 5. The monoisotopic (exact) mass is 460 g/mol. The first-order valence-electron chi connectivity index (χ1n) is 11.8. The summed E-state index contributed by atoms with van der Waals surface area (Å²) in [5.41, 5.74) is 3.62. The predicted molar refractivity (Wildman–Crippen MR) is 128 cm³/mol. The number of fused-ring (bicyclic) bond motifs is 1. The van der Waals surface area contributed by atoms with Crippen LogP contribution < -0.4 is 10.9 Å². The summed E-state index contributed by atoms with van der Waals surface area (Å²) in [5.74, 6) is -0.248. The molecule has 2 aromatic carbocycles. The van der Waals surface area contributed by atoms with Crippen LogP contribution in [0.2, 0.25) is 0 Å². The number of aromatic amines is 1. The van der Waals surface area contributed by atoms with Crippen molar-refractivity contribution in [2.75, 3.05) is 13.1 Å². The Labute approximate surface area is 196 Å². The molecule has 8 heteroatoms. The van der Waals surface area contributed by atoms with Crippen molar-refractivity contribution in [3.8, 4) is 0 Å². The molecule has 0 bridgehead atoms. The fraction of sp³-hybridized carbons (Fsp3) is 0.385. The van der Waals surface area contributed by atoms with Crippen LogP contribution in [-0.2, 0) is 16.1 Å². The van der Waals surface area contributed by atoms with Crippen molar-refractivity contribution in [3.05, 3.63) is 69.5 Å². The lowest BCUT2D eigenvalue weighted by Gasteiger charge is -2.32. The van der Waals surface area contributed by atoms with Gasteiger partial charge in [-0.25, -0.2) is 4.68 Å². The van der Waals surface area contributed by atoms with E-state index in [0.717, 1.165) is 43.6 Å². The van der Waals surface area contributed by atoms with Gasteiger partial charge in [-0.1, -0.05) is 30.3 Å². The van der Waals surface area contributed by atoms with Crippen LogP contribution in [-0.4, -0.2) is 45.4 Å². The molecule has 3 aromatic rings. The molecule has 2 saturated heterocycles. The number of likely N-dealkylation sites (tertiary alicyclic amines) is 1. The van der Waals surface area contributed by atoms with Gasteiger partial charge in [-0.2, -0.15) is 0 Å². The number of imide groups is 1. The third kappa shape index (κ3) is 4.33. The van der Waals surface area contributed by atoms with E-state index >= 15 is 0 Å². The van der Waals surface area contributed by atoms with Crippen LogP contribution in [0.25, 0.3) is 10.9 Å². The van der Waals surface area contributed by atoms with Gasteiger partial charge in [0.1, 0.15) is 6.04 Å². The number of carbonyl (C=O) groups is 3. The first-order chi connectivity index (χ1) is 16.4. The number of ketones is 1. The molecule has 2 aliphatic rings. The highest BCUT2D eigenvalue weighted by molar-refractivity contribution is 5.99. The number of benzene rings is 2. The first kappa shape index (κ1) is 22.3. The molecule has 3 heterocycles. The summed E-state index contributed by atoms with van der Waals surface area (Å²) in [4.78, 5) is 50.4. The molecule has 2 fully saturated rings. The van der Waals surface area contributed by atoms with Crippen LogP contribution in [0.3, 0.4) is 0 Å². The maximum Gasteiger partial charge on any atom is 0.275 e. The van der Waals surface area contributed by atoms with E-state index in [2.05, 4.69) is 15.3 Å². The minimum absolute atomic E-state index is 0.0816. The zero-order valence-electron chi connectivity index (χ0n) is 19.2. The molecule has 1 aromatic heterocycles. The number of Topliss-reactive ketones (excluding diaryl/α,β-unsaturated/α-hetero) is 1. The number of nitrogens with one attached hydrogen (secondary N) is 2. The second-order valence-corrected chi connectivity index (χ2v) is 9.36. The third-order valence-electron chi connectivity index (χ3n) is 7.08. The van der Waals surface area contributed by atoms with Gasteiger partial charge in [-0.3, -0.25) is 34.5 Å². The molecule has 2 aliphatic heterocycles. The van der Waals surface area contributed by atoms with Crippen molar-refractivity contribution in [2.45, 2.75) is 51.1 Å². The molecule has 0 spiro atoms. The van der Waals surface area contributed by atoms with E-state index in [0.29, 0.717) is 17.7 Å². The molecule has 0 saturated carbocycles. The van der Waals surface area contributed by atoms with E-state index in [-0.39, 0.29) is 23.7 Å². The zero-order valence-corrected chi connectivity index (χ0v) is 19.2. The standard InChI is InChI=1S/C26H28N4O4/c1-16(31)18-4-2-17(3-5-18)15-29-12-10-19(11-13-29)20-6-7-21-22(14-20)28-30(26(21)34)23-8-9-24(32)27-25(23)33/h2-7,14,19,23,28H,8-13,15H2,1H3,(H,27,32,33). The Morgan fingerprint density at radius 2 is 1.74 bits per heavy atom. The smallest absolute Gasteiger partial charge is 0.275 e. The van der Waals surface area contributed by atoms with Gasteiger partial charge < -0.3 is 0 Å². The lowest BCUT2D eigenvalue weighted by atomic mass is 9.89. The number of piperidine rings is 2. The van der Waals surface area contributed by atoms with Gasteiger partial charge in [0.05, 0.1) is 10.9 Å². The molecule has 2 amide bonds. The summed E-state index contributed by atoms with van der Waals surface area (Å²) in [7, 11) is 0. The summed E-state index contributed by atoms with van der Waals surface area (Å²) < 4.78 is 1.36. The second kappa shape index (κ2) is 9.02. The Balaban J connectivity index is 1.26. The number of H-pyrrole nitrogens is 1. The van der Waals surface area contributed by atoms with E-state index in [1.807, 2.05) is 42.5 Å². The molecule has 34 heavy (non-hydrogen) atoms. The van der Waals surface area contributed by atoms with Crippen molar-refractivity contribution < 1.29 is 14.4 Å². The quantitative estimate of drug-likeness (QED) is 0.450. The average molecular weight is 461 g/mol. The van der Waals surface area contributed by atoms with E-state index < -0.39 is 11.9 Å². The van der Waals surface area contributed by atoms with Gasteiger partial charge >= 0.3 is 0 Å². The zero-order chi connectivity index (χ0) is 23.8. The minimum atomic E-state index is -0.686. The molecule has 1 atom stereocenters. The molecule has 2 N–H and O–H groups in total. The maximum absolute atomic E-state index is 12.9.